The first-order valence-corrected chi connectivity index (χ1v) is 4.14. The van der Waals surface area contributed by atoms with Gasteiger partial charge < -0.3 is 5.73 Å². The van der Waals surface area contributed by atoms with Crippen LogP contribution in [0.15, 0.2) is 35.9 Å². The molecule has 12 heavy (non-hydrogen) atoms. The summed E-state index contributed by atoms with van der Waals surface area (Å²) in [6.45, 7) is 1.91. The second kappa shape index (κ2) is 4.02. The zero-order valence-corrected chi connectivity index (χ0v) is 7.77. The molecular weight excluding hydrogens is 166 g/mol. The minimum Gasteiger partial charge on any atom is -0.390 e. The van der Waals surface area contributed by atoms with Gasteiger partial charge in [0.15, 0.2) is 0 Å². The van der Waals surface area contributed by atoms with Crippen LogP contribution in [0.2, 0.25) is 0 Å². The van der Waals surface area contributed by atoms with Gasteiger partial charge in [-0.15, -0.1) is 0 Å². The van der Waals surface area contributed by atoms with E-state index in [9.17, 15) is 0 Å². The molecule has 0 spiro atoms. The Morgan fingerprint density at radius 1 is 1.33 bits per heavy atom. The molecule has 0 aliphatic heterocycles. The molecule has 0 saturated heterocycles. The molecule has 1 nitrogen and oxygen atoms in total. The van der Waals surface area contributed by atoms with Crippen molar-refractivity contribution >= 4 is 23.3 Å². The Morgan fingerprint density at radius 2 is 1.92 bits per heavy atom. The first kappa shape index (κ1) is 8.94. The van der Waals surface area contributed by atoms with Crippen molar-refractivity contribution in [2.45, 2.75) is 6.92 Å². The van der Waals surface area contributed by atoms with Gasteiger partial charge in [0, 0.05) is 0 Å². The summed E-state index contributed by atoms with van der Waals surface area (Å²) in [7, 11) is 0. The van der Waals surface area contributed by atoms with Crippen LogP contribution in [0.25, 0.3) is 6.08 Å². The minimum atomic E-state index is 0.457. The fraction of sp³-hybridized carbons (Fsp3) is 0.100. The maximum atomic E-state index is 5.45. The molecular formula is C10H11NS. The predicted molar refractivity (Wildman–Crippen MR) is 56.9 cm³/mol. The van der Waals surface area contributed by atoms with Gasteiger partial charge in [-0.25, -0.2) is 0 Å². The van der Waals surface area contributed by atoms with Gasteiger partial charge in [-0.1, -0.05) is 42.5 Å². The van der Waals surface area contributed by atoms with Crippen LogP contribution < -0.4 is 5.73 Å². The Bertz CT molecular complexity index is 301. The lowest BCUT2D eigenvalue weighted by molar-refractivity contribution is 1.57. The second-order valence-electron chi connectivity index (χ2n) is 2.60. The number of hydrogen-bond acceptors (Lipinski definition) is 1. The highest BCUT2D eigenvalue weighted by molar-refractivity contribution is 7.80. The van der Waals surface area contributed by atoms with E-state index in [1.54, 1.807) is 0 Å². The molecule has 0 amide bonds. The van der Waals surface area contributed by atoms with Crippen LogP contribution in [0.1, 0.15) is 12.5 Å². The van der Waals surface area contributed by atoms with Gasteiger partial charge in [0.1, 0.15) is 0 Å². The third kappa shape index (κ3) is 2.47. The van der Waals surface area contributed by atoms with Crippen LogP contribution in [0.5, 0.6) is 0 Å². The summed E-state index contributed by atoms with van der Waals surface area (Å²) >= 11 is 4.83. The number of benzene rings is 1. The molecule has 0 unspecified atom stereocenters. The van der Waals surface area contributed by atoms with Gasteiger partial charge >= 0.3 is 0 Å². The third-order valence-corrected chi connectivity index (χ3v) is 1.89. The standard InChI is InChI=1S/C10H11NS/c1-8(10(11)12)7-9-5-3-2-4-6-9/h2-7H,1H3,(H2,11,12)/b8-7+. The van der Waals surface area contributed by atoms with Crippen molar-refractivity contribution in [1.29, 1.82) is 0 Å². The van der Waals surface area contributed by atoms with E-state index in [1.165, 1.54) is 0 Å². The molecule has 0 radical (unpaired) electrons. The highest BCUT2D eigenvalue weighted by atomic mass is 32.1. The molecule has 0 aliphatic carbocycles. The monoisotopic (exact) mass is 177 g/mol. The normalized spacial score (nSPS) is 11.2. The number of rotatable bonds is 2. The molecule has 1 rings (SSSR count). The lowest BCUT2D eigenvalue weighted by Crippen LogP contribution is -2.08. The SMILES string of the molecule is C/C(=C\c1ccccc1)C(N)=S. The van der Waals surface area contributed by atoms with Crippen LogP contribution in [0, 0.1) is 0 Å². The van der Waals surface area contributed by atoms with Gasteiger partial charge in [0.25, 0.3) is 0 Å². The van der Waals surface area contributed by atoms with Gasteiger partial charge in [0.05, 0.1) is 4.99 Å². The molecule has 0 atom stereocenters. The van der Waals surface area contributed by atoms with E-state index in [2.05, 4.69) is 0 Å². The van der Waals surface area contributed by atoms with Crippen molar-refractivity contribution in [1.82, 2.24) is 0 Å². The summed E-state index contributed by atoms with van der Waals surface area (Å²) < 4.78 is 0. The Balaban J connectivity index is 2.89. The van der Waals surface area contributed by atoms with E-state index in [0.717, 1.165) is 11.1 Å². The first-order chi connectivity index (χ1) is 5.70. The van der Waals surface area contributed by atoms with Crippen molar-refractivity contribution in [3.8, 4) is 0 Å². The van der Waals surface area contributed by atoms with Crippen LogP contribution in [-0.2, 0) is 0 Å². The largest absolute Gasteiger partial charge is 0.390 e. The predicted octanol–water partition coefficient (Wildman–Crippen LogP) is 2.38. The molecule has 0 heterocycles. The third-order valence-electron chi connectivity index (χ3n) is 1.57. The number of nitrogens with two attached hydrogens (primary N) is 1. The average molecular weight is 177 g/mol. The Kier molecular flexibility index (Phi) is 3.00. The topological polar surface area (TPSA) is 26.0 Å². The van der Waals surface area contributed by atoms with Crippen LogP contribution in [0.4, 0.5) is 0 Å². The summed E-state index contributed by atoms with van der Waals surface area (Å²) in [6.07, 6.45) is 1.97. The lowest BCUT2D eigenvalue weighted by atomic mass is 10.1. The maximum Gasteiger partial charge on any atom is 0.0991 e. The van der Waals surface area contributed by atoms with E-state index >= 15 is 0 Å². The summed E-state index contributed by atoms with van der Waals surface area (Å²) in [4.78, 5) is 0.457. The van der Waals surface area contributed by atoms with E-state index in [0.29, 0.717) is 4.99 Å². The van der Waals surface area contributed by atoms with Crippen LogP contribution in [0.3, 0.4) is 0 Å². The molecule has 2 heteroatoms. The highest BCUT2D eigenvalue weighted by Gasteiger charge is 1.91. The van der Waals surface area contributed by atoms with Gasteiger partial charge in [-0.05, 0) is 24.1 Å². The Labute approximate surface area is 77.9 Å². The van der Waals surface area contributed by atoms with Crippen molar-refractivity contribution in [3.05, 3.63) is 41.5 Å². The number of thiocarbonyl (C=S) groups is 1. The van der Waals surface area contributed by atoms with E-state index in [1.807, 2.05) is 43.3 Å². The molecule has 2 N–H and O–H groups in total. The van der Waals surface area contributed by atoms with E-state index < -0.39 is 0 Å². The summed E-state index contributed by atoms with van der Waals surface area (Å²) in [6, 6.07) is 9.98. The quantitative estimate of drug-likeness (QED) is 0.554. The molecule has 1 aromatic rings. The van der Waals surface area contributed by atoms with Crippen molar-refractivity contribution in [2.75, 3.05) is 0 Å². The van der Waals surface area contributed by atoms with Gasteiger partial charge in [-0.2, -0.15) is 0 Å². The van der Waals surface area contributed by atoms with Gasteiger partial charge in [0.2, 0.25) is 0 Å². The summed E-state index contributed by atoms with van der Waals surface area (Å²) in [5.74, 6) is 0. The maximum absolute atomic E-state index is 5.45. The fourth-order valence-electron chi connectivity index (χ4n) is 0.870. The van der Waals surface area contributed by atoms with Crippen LogP contribution >= 0.6 is 12.2 Å². The average Bonchev–Trinajstić information content (AvgIpc) is 2.06. The summed E-state index contributed by atoms with van der Waals surface area (Å²) in [5.41, 5.74) is 7.52. The highest BCUT2D eigenvalue weighted by Crippen LogP contribution is 2.05. The molecule has 0 aliphatic rings. The Hall–Kier alpha value is -1.15. The zero-order valence-electron chi connectivity index (χ0n) is 6.95. The zero-order chi connectivity index (χ0) is 8.97. The van der Waals surface area contributed by atoms with Crippen molar-refractivity contribution in [2.24, 2.45) is 5.73 Å². The molecule has 0 saturated carbocycles. The number of hydrogen-bond donors (Lipinski definition) is 1. The fourth-order valence-corrected chi connectivity index (χ4v) is 0.929. The van der Waals surface area contributed by atoms with E-state index in [4.69, 9.17) is 18.0 Å². The Morgan fingerprint density at radius 3 is 2.42 bits per heavy atom. The molecule has 0 fully saturated rings. The second-order valence-corrected chi connectivity index (χ2v) is 3.04. The molecule has 62 valence electrons. The first-order valence-electron chi connectivity index (χ1n) is 3.73. The molecule has 0 bridgehead atoms. The smallest absolute Gasteiger partial charge is 0.0991 e. The van der Waals surface area contributed by atoms with E-state index in [-0.39, 0.29) is 0 Å². The molecule has 1 aromatic carbocycles. The van der Waals surface area contributed by atoms with Crippen molar-refractivity contribution < 1.29 is 0 Å². The summed E-state index contributed by atoms with van der Waals surface area (Å²) in [5, 5.41) is 0. The van der Waals surface area contributed by atoms with Gasteiger partial charge in [-0.3, -0.25) is 0 Å². The molecule has 0 aromatic heterocycles. The minimum absolute atomic E-state index is 0.457. The lowest BCUT2D eigenvalue weighted by Gasteiger charge is -1.96. The van der Waals surface area contributed by atoms with Crippen LogP contribution in [-0.4, -0.2) is 4.99 Å². The van der Waals surface area contributed by atoms with Crippen molar-refractivity contribution in [3.63, 3.8) is 0 Å².